The van der Waals surface area contributed by atoms with Gasteiger partial charge in [-0.3, -0.25) is 14.1 Å². The molecule has 4 rings (SSSR count). The number of urea groups is 1. The second kappa shape index (κ2) is 18.0. The van der Waals surface area contributed by atoms with Gasteiger partial charge in [0.05, 0.1) is 17.4 Å². The van der Waals surface area contributed by atoms with E-state index in [1.807, 2.05) is 12.1 Å². The molecule has 1 atom stereocenters. The van der Waals surface area contributed by atoms with E-state index in [9.17, 15) is 36.0 Å². The molecule has 0 saturated carbocycles. The van der Waals surface area contributed by atoms with Crippen LogP contribution in [0, 0.1) is 17.2 Å². The highest BCUT2D eigenvalue weighted by Crippen LogP contribution is 2.34. The van der Waals surface area contributed by atoms with Crippen molar-refractivity contribution in [2.24, 2.45) is 5.92 Å². The summed E-state index contributed by atoms with van der Waals surface area (Å²) in [5.74, 6) is -2.27. The Morgan fingerprint density at radius 3 is 2.27 bits per heavy atom. The zero-order valence-electron chi connectivity index (χ0n) is 27.9. The summed E-state index contributed by atoms with van der Waals surface area (Å²) in [6.07, 6.45) is -1.31. The van der Waals surface area contributed by atoms with Crippen molar-refractivity contribution in [2.45, 2.75) is 57.2 Å². The lowest BCUT2D eigenvalue weighted by molar-refractivity contribution is -0.144. The van der Waals surface area contributed by atoms with Gasteiger partial charge >= 0.3 is 12.2 Å². The van der Waals surface area contributed by atoms with E-state index in [-0.39, 0.29) is 43.0 Å². The maximum Gasteiger partial charge on any atom is 0.451 e. The molecule has 3 heterocycles. The van der Waals surface area contributed by atoms with Crippen LogP contribution in [0.15, 0.2) is 30.3 Å². The molecule has 4 amide bonds. The monoisotopic (exact) mass is 737 g/mol. The maximum absolute atomic E-state index is 14.0. The van der Waals surface area contributed by atoms with E-state index in [2.05, 4.69) is 37.3 Å². The third kappa shape index (κ3) is 12.5. The van der Waals surface area contributed by atoms with Crippen LogP contribution in [0.1, 0.15) is 55.5 Å². The van der Waals surface area contributed by atoms with Gasteiger partial charge in [-0.25, -0.2) is 14.8 Å². The van der Waals surface area contributed by atoms with Crippen LogP contribution in [0.3, 0.4) is 0 Å². The largest absolute Gasteiger partial charge is 0.451 e. The van der Waals surface area contributed by atoms with Crippen LogP contribution in [0.5, 0.6) is 0 Å². The molecule has 1 aromatic heterocycles. The summed E-state index contributed by atoms with van der Waals surface area (Å²) in [6, 6.07) is 9.42. The second-order valence-electron chi connectivity index (χ2n) is 12.4. The Morgan fingerprint density at radius 2 is 1.61 bits per heavy atom. The number of nitrogens with zero attached hydrogens (tertiary/aromatic N) is 5. The standard InChI is InChI=1S/C32H42F3N9O6S/c33-32(34,35)30-41-26(20-27(42-30)44-16-1-2-25(44)29(46)38-12-7-22-3-5-24(21-36)6-4-22)43-17-10-23(11-18-43)8-13-39-31(47)40-14-9-28(45)37-15-19-51(48,49)50/h3-6,20,23,25H,1-2,7-19H2,(H,37,45)(H,38,46)(H2,39,40,47)(H,48,49,50)/t25-/m0/s1. The molecule has 0 unspecified atom stereocenters. The molecule has 2 aromatic rings. The molecule has 0 aliphatic carbocycles. The zero-order valence-corrected chi connectivity index (χ0v) is 28.7. The number of hydrogen-bond acceptors (Lipinski definition) is 10. The van der Waals surface area contributed by atoms with Crippen molar-refractivity contribution in [3.05, 3.63) is 47.3 Å². The van der Waals surface area contributed by atoms with E-state index in [1.165, 1.54) is 6.07 Å². The van der Waals surface area contributed by atoms with Gasteiger partial charge in [0.25, 0.3) is 10.1 Å². The number of benzene rings is 1. The molecule has 5 N–H and O–H groups in total. The fourth-order valence-corrected chi connectivity index (χ4v) is 6.33. The lowest BCUT2D eigenvalue weighted by atomic mass is 9.93. The van der Waals surface area contributed by atoms with E-state index in [0.717, 1.165) is 5.56 Å². The van der Waals surface area contributed by atoms with Crippen LogP contribution in [-0.2, 0) is 32.3 Å². The van der Waals surface area contributed by atoms with Gasteiger partial charge in [0.2, 0.25) is 17.6 Å². The second-order valence-corrected chi connectivity index (χ2v) is 14.0. The Hall–Kier alpha value is -4.70. The lowest BCUT2D eigenvalue weighted by Crippen LogP contribution is -2.44. The highest BCUT2D eigenvalue weighted by Gasteiger charge is 2.39. The summed E-state index contributed by atoms with van der Waals surface area (Å²) in [6.45, 7) is 1.70. The molecule has 0 radical (unpaired) electrons. The van der Waals surface area contributed by atoms with Crippen molar-refractivity contribution >= 4 is 39.6 Å². The van der Waals surface area contributed by atoms with Gasteiger partial charge in [-0.05, 0) is 62.1 Å². The number of carbonyl (C=O) groups excluding carboxylic acids is 3. The minimum Gasteiger partial charge on any atom is -0.356 e. The number of carbonyl (C=O) groups is 3. The zero-order chi connectivity index (χ0) is 37.0. The Morgan fingerprint density at radius 1 is 0.922 bits per heavy atom. The first-order valence-corrected chi connectivity index (χ1v) is 18.3. The number of piperidine rings is 1. The summed E-state index contributed by atoms with van der Waals surface area (Å²) < 4.78 is 71.9. The normalized spacial score (nSPS) is 16.7. The molecule has 19 heteroatoms. The minimum absolute atomic E-state index is 0.0193. The number of halogens is 3. The van der Waals surface area contributed by atoms with Crippen molar-refractivity contribution in [2.75, 3.05) is 61.4 Å². The number of nitriles is 1. The van der Waals surface area contributed by atoms with Gasteiger partial charge in [-0.15, -0.1) is 0 Å². The quantitative estimate of drug-likeness (QED) is 0.167. The number of hydrogen-bond donors (Lipinski definition) is 5. The average molecular weight is 738 g/mol. The lowest BCUT2D eigenvalue weighted by Gasteiger charge is -2.34. The van der Waals surface area contributed by atoms with Crippen molar-refractivity contribution in [1.29, 1.82) is 5.26 Å². The van der Waals surface area contributed by atoms with Gasteiger partial charge in [0, 0.05) is 58.3 Å². The molecular formula is C32H42F3N9O6S. The molecule has 2 aliphatic heterocycles. The minimum atomic E-state index is -4.79. The van der Waals surface area contributed by atoms with E-state index < -0.39 is 45.9 Å². The number of rotatable bonds is 15. The molecular weight excluding hydrogens is 695 g/mol. The first kappa shape index (κ1) is 39.1. The van der Waals surface area contributed by atoms with Crippen molar-refractivity contribution in [3.8, 4) is 6.07 Å². The fraction of sp³-hybridized carbons (Fsp3) is 0.562. The molecule has 0 spiro atoms. The molecule has 278 valence electrons. The molecule has 1 aromatic carbocycles. The van der Waals surface area contributed by atoms with Crippen LogP contribution in [-0.4, -0.2) is 98.4 Å². The van der Waals surface area contributed by atoms with Crippen molar-refractivity contribution < 1.29 is 40.5 Å². The Labute approximate surface area is 294 Å². The van der Waals surface area contributed by atoms with Gasteiger partial charge in [-0.2, -0.15) is 26.9 Å². The van der Waals surface area contributed by atoms with E-state index >= 15 is 0 Å². The number of anilines is 2. The van der Waals surface area contributed by atoms with Crippen LogP contribution >= 0.6 is 0 Å². The Bertz CT molecular complexity index is 1660. The Balaban J connectivity index is 1.25. The smallest absolute Gasteiger partial charge is 0.356 e. The maximum atomic E-state index is 14.0. The van der Waals surface area contributed by atoms with Gasteiger partial charge in [-0.1, -0.05) is 12.1 Å². The topological polar surface area (TPSA) is 210 Å². The van der Waals surface area contributed by atoms with Crippen LogP contribution in [0.4, 0.5) is 29.6 Å². The summed E-state index contributed by atoms with van der Waals surface area (Å²) in [5, 5.41) is 19.4. The molecule has 2 saturated heterocycles. The molecule has 2 fully saturated rings. The Kier molecular flexibility index (Phi) is 13.8. The van der Waals surface area contributed by atoms with E-state index in [4.69, 9.17) is 9.81 Å². The number of amides is 4. The highest BCUT2D eigenvalue weighted by atomic mass is 32.2. The van der Waals surface area contributed by atoms with Gasteiger partial charge in [0.1, 0.15) is 17.7 Å². The summed E-state index contributed by atoms with van der Waals surface area (Å²) in [5.41, 5.74) is 1.47. The summed E-state index contributed by atoms with van der Waals surface area (Å²) >= 11 is 0. The van der Waals surface area contributed by atoms with Crippen molar-refractivity contribution in [1.82, 2.24) is 31.2 Å². The van der Waals surface area contributed by atoms with Crippen molar-refractivity contribution in [3.63, 3.8) is 0 Å². The predicted octanol–water partition coefficient (Wildman–Crippen LogP) is 1.99. The number of alkyl halides is 3. The molecule has 15 nitrogen and oxygen atoms in total. The fourth-order valence-electron chi connectivity index (χ4n) is 5.97. The van der Waals surface area contributed by atoms with E-state index in [0.29, 0.717) is 76.8 Å². The number of aromatic nitrogens is 2. The first-order chi connectivity index (χ1) is 24.2. The van der Waals surface area contributed by atoms with E-state index in [1.54, 1.807) is 21.9 Å². The van der Waals surface area contributed by atoms with Crippen LogP contribution in [0.2, 0.25) is 0 Å². The molecule has 2 aliphatic rings. The number of nitrogens with one attached hydrogen (secondary N) is 4. The van der Waals surface area contributed by atoms with Crippen LogP contribution < -0.4 is 31.1 Å². The molecule has 51 heavy (non-hydrogen) atoms. The highest BCUT2D eigenvalue weighted by molar-refractivity contribution is 7.85. The predicted molar refractivity (Wildman–Crippen MR) is 180 cm³/mol. The third-order valence-corrected chi connectivity index (χ3v) is 9.41. The summed E-state index contributed by atoms with van der Waals surface area (Å²) in [4.78, 5) is 48.0. The van der Waals surface area contributed by atoms with Gasteiger partial charge < -0.3 is 31.1 Å². The molecule has 0 bridgehead atoms. The van der Waals surface area contributed by atoms with Gasteiger partial charge in [0.15, 0.2) is 0 Å². The van der Waals surface area contributed by atoms with Crippen LogP contribution in [0.25, 0.3) is 0 Å². The average Bonchev–Trinajstić information content (AvgIpc) is 3.58. The first-order valence-electron chi connectivity index (χ1n) is 16.7. The third-order valence-electron chi connectivity index (χ3n) is 8.69. The SMILES string of the molecule is N#Cc1ccc(CCNC(=O)[C@@H]2CCCN2c2cc(N3CCC(CCNC(=O)NCCC(=O)NCCS(=O)(=O)O)CC3)nc(C(F)(F)F)n2)cc1. The summed E-state index contributed by atoms with van der Waals surface area (Å²) in [7, 11) is -4.18.